The lowest BCUT2D eigenvalue weighted by Gasteiger charge is -2.14. The summed E-state index contributed by atoms with van der Waals surface area (Å²) in [6, 6.07) is 8.73. The average Bonchev–Trinajstić information content (AvgIpc) is 2.43. The molecule has 1 rings (SSSR count). The number of rotatable bonds is 6. The minimum absolute atomic E-state index is 0.0604. The summed E-state index contributed by atoms with van der Waals surface area (Å²) in [6.45, 7) is 7.43. The van der Waals surface area contributed by atoms with Crippen LogP contribution in [0.5, 0.6) is 0 Å². The first kappa shape index (κ1) is 14.2. The third-order valence-corrected chi connectivity index (χ3v) is 2.41. The van der Waals surface area contributed by atoms with Gasteiger partial charge in [0.05, 0.1) is 13.7 Å². The summed E-state index contributed by atoms with van der Waals surface area (Å²) in [7, 11) is 2.85. The molecule has 0 bridgehead atoms. The van der Waals surface area contributed by atoms with E-state index in [-0.39, 0.29) is 6.61 Å². The predicted octanol–water partition coefficient (Wildman–Crippen LogP) is 1.51. The van der Waals surface area contributed by atoms with Crippen molar-refractivity contribution in [1.82, 2.24) is 5.06 Å². The van der Waals surface area contributed by atoms with E-state index in [1.165, 1.54) is 14.2 Å². The second-order valence-corrected chi connectivity index (χ2v) is 3.66. The number of carbonyl (C=O) groups is 1. The van der Waals surface area contributed by atoms with Crippen LogP contribution in [0, 0.1) is 6.57 Å². The zero-order valence-electron chi connectivity index (χ0n) is 10.5. The van der Waals surface area contributed by atoms with E-state index >= 15 is 0 Å². The third kappa shape index (κ3) is 4.17. The van der Waals surface area contributed by atoms with E-state index < -0.39 is 11.9 Å². The van der Waals surface area contributed by atoms with E-state index in [1.54, 1.807) is 0 Å². The highest BCUT2D eigenvalue weighted by molar-refractivity contribution is 5.82. The molecule has 0 aliphatic carbocycles. The average molecular weight is 248 g/mol. The van der Waals surface area contributed by atoms with Crippen LogP contribution in [0.25, 0.3) is 4.85 Å². The molecule has 0 radical (unpaired) electrons. The van der Waals surface area contributed by atoms with Gasteiger partial charge < -0.3 is 9.58 Å². The maximum atomic E-state index is 11.7. The SMILES string of the molecule is [C-]#[N+][C@@H](COCc1ccccc1)C(=O)N(C)OC. The summed E-state index contributed by atoms with van der Waals surface area (Å²) < 4.78 is 5.37. The second kappa shape index (κ2) is 7.43. The zero-order valence-corrected chi connectivity index (χ0v) is 10.5. The highest BCUT2D eigenvalue weighted by Gasteiger charge is 2.27. The van der Waals surface area contributed by atoms with Gasteiger partial charge in [0, 0.05) is 7.05 Å². The van der Waals surface area contributed by atoms with Crippen molar-refractivity contribution >= 4 is 5.91 Å². The molecule has 0 unspecified atom stereocenters. The Bertz CT molecular complexity index is 414. The molecule has 0 heterocycles. The molecule has 18 heavy (non-hydrogen) atoms. The molecule has 1 aromatic carbocycles. The molecule has 1 aromatic rings. The number of hydrogen-bond donors (Lipinski definition) is 0. The molecule has 5 nitrogen and oxygen atoms in total. The van der Waals surface area contributed by atoms with Gasteiger partial charge in [-0.3, -0.25) is 9.63 Å². The van der Waals surface area contributed by atoms with Gasteiger partial charge in [0.1, 0.15) is 6.61 Å². The van der Waals surface area contributed by atoms with Crippen molar-refractivity contribution in [3.63, 3.8) is 0 Å². The summed E-state index contributed by atoms with van der Waals surface area (Å²) >= 11 is 0. The fraction of sp³-hybridized carbons (Fsp3) is 0.385. The lowest BCUT2D eigenvalue weighted by Crippen LogP contribution is -2.36. The first-order valence-electron chi connectivity index (χ1n) is 5.49. The van der Waals surface area contributed by atoms with Crippen molar-refractivity contribution in [2.45, 2.75) is 12.6 Å². The van der Waals surface area contributed by atoms with Gasteiger partial charge in [-0.1, -0.05) is 30.3 Å². The molecule has 0 saturated carbocycles. The molecule has 1 atom stereocenters. The van der Waals surface area contributed by atoms with E-state index in [1.807, 2.05) is 30.3 Å². The molecule has 1 amide bonds. The molecule has 5 heteroatoms. The number of carbonyl (C=O) groups excluding carboxylic acids is 1. The first-order valence-corrected chi connectivity index (χ1v) is 5.49. The van der Waals surface area contributed by atoms with Crippen LogP contribution < -0.4 is 0 Å². The minimum Gasteiger partial charge on any atom is -0.368 e. The molecule has 0 spiro atoms. The molecule has 0 aromatic heterocycles. The van der Waals surface area contributed by atoms with E-state index in [0.29, 0.717) is 6.61 Å². The lowest BCUT2D eigenvalue weighted by molar-refractivity contribution is -0.170. The molecular weight excluding hydrogens is 232 g/mol. The van der Waals surface area contributed by atoms with E-state index in [9.17, 15) is 4.79 Å². The fourth-order valence-corrected chi connectivity index (χ4v) is 1.33. The summed E-state index contributed by atoms with van der Waals surface area (Å²) in [4.78, 5) is 19.6. The van der Waals surface area contributed by atoms with Gasteiger partial charge in [0.15, 0.2) is 0 Å². The summed E-state index contributed by atoms with van der Waals surface area (Å²) in [6.07, 6.45) is 0. The number of likely N-dealkylation sites (N-methyl/N-ethyl adjacent to an activating group) is 1. The Morgan fingerprint density at radius 2 is 2.11 bits per heavy atom. The van der Waals surface area contributed by atoms with Crippen LogP contribution >= 0.6 is 0 Å². The van der Waals surface area contributed by atoms with Gasteiger partial charge in [-0.25, -0.2) is 11.6 Å². The highest BCUT2D eigenvalue weighted by atomic mass is 16.7. The lowest BCUT2D eigenvalue weighted by atomic mass is 10.2. The van der Waals surface area contributed by atoms with Gasteiger partial charge in [-0.15, -0.1) is 0 Å². The van der Waals surface area contributed by atoms with E-state index in [4.69, 9.17) is 16.1 Å². The van der Waals surface area contributed by atoms with Gasteiger partial charge in [0.2, 0.25) is 0 Å². The quantitative estimate of drug-likeness (QED) is 0.566. The Hall–Kier alpha value is -1.90. The second-order valence-electron chi connectivity index (χ2n) is 3.66. The van der Waals surface area contributed by atoms with Crippen LogP contribution in [0.4, 0.5) is 0 Å². The van der Waals surface area contributed by atoms with Crippen molar-refractivity contribution in [3.8, 4) is 0 Å². The van der Waals surface area contributed by atoms with Crippen LogP contribution in [0.3, 0.4) is 0 Å². The Kier molecular flexibility index (Phi) is 5.85. The van der Waals surface area contributed by atoms with Gasteiger partial charge in [0.25, 0.3) is 0 Å². The monoisotopic (exact) mass is 248 g/mol. The van der Waals surface area contributed by atoms with Gasteiger partial charge >= 0.3 is 11.9 Å². The van der Waals surface area contributed by atoms with Crippen LogP contribution in [-0.2, 0) is 21.0 Å². The summed E-state index contributed by atoms with van der Waals surface area (Å²) in [5.74, 6) is -0.402. The Morgan fingerprint density at radius 3 is 2.67 bits per heavy atom. The van der Waals surface area contributed by atoms with Crippen molar-refractivity contribution < 1.29 is 14.4 Å². The third-order valence-electron chi connectivity index (χ3n) is 2.41. The number of hydrogen-bond acceptors (Lipinski definition) is 3. The largest absolute Gasteiger partial charge is 0.368 e. The standard InChI is InChI=1S/C13H16N2O3/c1-14-12(13(16)15(2)17-3)10-18-9-11-7-5-4-6-8-11/h4-8,12H,9-10H2,2-3H3/t12-/m0/s1. The van der Waals surface area contributed by atoms with Crippen LogP contribution in [-0.4, -0.2) is 37.8 Å². The maximum absolute atomic E-state index is 11.7. The molecule has 96 valence electrons. The number of nitrogens with zero attached hydrogens (tertiary/aromatic N) is 2. The van der Waals surface area contributed by atoms with Crippen molar-refractivity contribution in [2.75, 3.05) is 20.8 Å². The highest BCUT2D eigenvalue weighted by Crippen LogP contribution is 2.04. The number of amides is 1. The molecule has 0 N–H and O–H groups in total. The van der Waals surface area contributed by atoms with Crippen molar-refractivity contribution in [2.24, 2.45) is 0 Å². The Balaban J connectivity index is 2.41. The molecular formula is C13H16N2O3. The van der Waals surface area contributed by atoms with E-state index in [0.717, 1.165) is 10.6 Å². The smallest absolute Gasteiger partial charge is 0.331 e. The minimum atomic E-state index is -0.862. The van der Waals surface area contributed by atoms with Crippen LogP contribution in [0.1, 0.15) is 5.56 Å². The molecule has 0 aliphatic rings. The zero-order chi connectivity index (χ0) is 13.4. The maximum Gasteiger partial charge on any atom is 0.331 e. The fourth-order valence-electron chi connectivity index (χ4n) is 1.33. The normalized spacial score (nSPS) is 11.6. The topological polar surface area (TPSA) is 43.1 Å². The summed E-state index contributed by atoms with van der Waals surface area (Å²) in [5.41, 5.74) is 1.01. The molecule has 0 fully saturated rings. The Labute approximate surface area is 107 Å². The van der Waals surface area contributed by atoms with Gasteiger partial charge in [-0.05, 0) is 5.56 Å². The molecule has 0 saturated heterocycles. The Morgan fingerprint density at radius 1 is 1.44 bits per heavy atom. The van der Waals surface area contributed by atoms with Crippen molar-refractivity contribution in [1.29, 1.82) is 0 Å². The van der Waals surface area contributed by atoms with Gasteiger partial charge in [-0.2, -0.15) is 0 Å². The number of hydroxylamine groups is 2. The van der Waals surface area contributed by atoms with Crippen molar-refractivity contribution in [3.05, 3.63) is 47.3 Å². The number of benzene rings is 1. The number of ether oxygens (including phenoxy) is 1. The summed E-state index contributed by atoms with van der Waals surface area (Å²) in [5, 5.41) is 1.04. The first-order chi connectivity index (χ1) is 8.69. The van der Waals surface area contributed by atoms with Crippen LogP contribution in [0.2, 0.25) is 0 Å². The predicted molar refractivity (Wildman–Crippen MR) is 66.3 cm³/mol. The molecule has 0 aliphatic heterocycles. The van der Waals surface area contributed by atoms with E-state index in [2.05, 4.69) is 4.85 Å². The van der Waals surface area contributed by atoms with Crippen LogP contribution in [0.15, 0.2) is 30.3 Å².